The molecule has 0 atom stereocenters. The minimum Gasteiger partial charge on any atom is -0.192 e. The van der Waals surface area contributed by atoms with Crippen molar-refractivity contribution in [1.29, 1.82) is 15.8 Å². The minimum absolute atomic E-state index is 0.328. The van der Waals surface area contributed by atoms with Gasteiger partial charge in [-0.2, -0.15) is 15.8 Å². The van der Waals surface area contributed by atoms with Crippen LogP contribution in [0.4, 0.5) is 0 Å². The molecule has 0 N–H and O–H groups in total. The van der Waals surface area contributed by atoms with Crippen molar-refractivity contribution >= 4 is 0 Å². The maximum atomic E-state index is 8.87. The molecule has 3 heteroatoms. The van der Waals surface area contributed by atoms with Crippen LogP contribution in [0.25, 0.3) is 0 Å². The van der Waals surface area contributed by atoms with Gasteiger partial charge in [0, 0.05) is 0 Å². The van der Waals surface area contributed by atoms with Crippen LogP contribution in [-0.4, -0.2) is 0 Å². The molecule has 0 radical (unpaired) electrons. The highest BCUT2D eigenvalue weighted by atomic mass is 14.3. The van der Waals surface area contributed by atoms with E-state index in [1.165, 1.54) is 6.07 Å². The fraction of sp³-hybridized carbons (Fsp3) is 0.182. The molecule has 0 unspecified atom stereocenters. The van der Waals surface area contributed by atoms with Gasteiger partial charge in [-0.05, 0) is 24.1 Å². The first-order valence-corrected chi connectivity index (χ1v) is 4.14. The molecule has 0 fully saturated rings. The van der Waals surface area contributed by atoms with Crippen molar-refractivity contribution < 1.29 is 0 Å². The van der Waals surface area contributed by atoms with Crippen molar-refractivity contribution in [2.24, 2.45) is 0 Å². The number of nitriles is 3. The Morgan fingerprint density at radius 3 is 2.00 bits per heavy atom. The predicted molar refractivity (Wildman–Crippen MR) is 50.0 cm³/mol. The molecule has 1 aromatic carbocycles. The molecule has 66 valence electrons. The van der Waals surface area contributed by atoms with E-state index in [0.29, 0.717) is 28.7 Å². The van der Waals surface area contributed by atoms with E-state index in [1.54, 1.807) is 6.07 Å². The highest BCUT2D eigenvalue weighted by Crippen LogP contribution is 2.18. The summed E-state index contributed by atoms with van der Waals surface area (Å²) in [5.41, 5.74) is 1.80. The topological polar surface area (TPSA) is 71.4 Å². The van der Waals surface area contributed by atoms with Crippen LogP contribution in [0.2, 0.25) is 0 Å². The lowest BCUT2D eigenvalue weighted by Crippen LogP contribution is -1.96. The maximum Gasteiger partial charge on any atom is 0.101 e. The first-order valence-electron chi connectivity index (χ1n) is 4.14. The first-order chi connectivity index (χ1) is 6.78. The molecule has 1 aromatic rings. The first kappa shape index (κ1) is 9.78. The zero-order valence-corrected chi connectivity index (χ0v) is 7.70. The van der Waals surface area contributed by atoms with Crippen LogP contribution in [0.3, 0.4) is 0 Å². The SMILES string of the molecule is CCc1c(C#N)ccc(C#N)c1C#N. The molecule has 0 heterocycles. The lowest BCUT2D eigenvalue weighted by Gasteiger charge is -2.03. The normalized spacial score (nSPS) is 8.43. The van der Waals surface area contributed by atoms with Gasteiger partial charge >= 0.3 is 0 Å². The molecule has 0 spiro atoms. The molecule has 1 rings (SSSR count). The van der Waals surface area contributed by atoms with Crippen molar-refractivity contribution in [3.05, 3.63) is 34.4 Å². The van der Waals surface area contributed by atoms with Crippen molar-refractivity contribution in [3.8, 4) is 18.2 Å². The standard InChI is InChI=1S/C11H7N3/c1-2-10-8(5-12)3-4-9(6-13)11(10)7-14/h3-4H,2H2,1H3. The van der Waals surface area contributed by atoms with Gasteiger partial charge in [-0.25, -0.2) is 0 Å². The Labute approximate surface area is 82.4 Å². The highest BCUT2D eigenvalue weighted by Gasteiger charge is 2.10. The molecule has 0 aliphatic rings. The zero-order chi connectivity index (χ0) is 10.6. The van der Waals surface area contributed by atoms with Crippen molar-refractivity contribution in [1.82, 2.24) is 0 Å². The van der Waals surface area contributed by atoms with Gasteiger partial charge in [0.1, 0.15) is 12.1 Å². The lowest BCUT2D eigenvalue weighted by molar-refractivity contribution is 1.11. The average Bonchev–Trinajstić information content (AvgIpc) is 2.26. The molecule has 3 nitrogen and oxygen atoms in total. The molecular weight excluding hydrogens is 174 g/mol. The van der Waals surface area contributed by atoms with Gasteiger partial charge in [0.15, 0.2) is 0 Å². The van der Waals surface area contributed by atoms with Gasteiger partial charge in [0.2, 0.25) is 0 Å². The summed E-state index contributed by atoms with van der Waals surface area (Å²) in [4.78, 5) is 0. The van der Waals surface area contributed by atoms with Crippen molar-refractivity contribution in [2.75, 3.05) is 0 Å². The van der Waals surface area contributed by atoms with Crippen LogP contribution in [0.1, 0.15) is 29.2 Å². The summed E-state index contributed by atoms with van der Waals surface area (Å²) in [5, 5.41) is 26.4. The Hall–Kier alpha value is -2.31. The second-order valence-electron chi connectivity index (χ2n) is 2.70. The Balaban J connectivity index is 3.58. The molecule has 0 saturated heterocycles. The van der Waals surface area contributed by atoms with E-state index in [-0.39, 0.29) is 0 Å². The minimum atomic E-state index is 0.328. The summed E-state index contributed by atoms with van der Waals surface area (Å²) < 4.78 is 0. The van der Waals surface area contributed by atoms with Gasteiger partial charge < -0.3 is 0 Å². The van der Waals surface area contributed by atoms with Crippen molar-refractivity contribution in [2.45, 2.75) is 13.3 Å². The van der Waals surface area contributed by atoms with Crippen LogP contribution in [0.15, 0.2) is 12.1 Å². The second kappa shape index (κ2) is 4.08. The van der Waals surface area contributed by atoms with Crippen LogP contribution in [0.5, 0.6) is 0 Å². The monoisotopic (exact) mass is 181 g/mol. The zero-order valence-electron chi connectivity index (χ0n) is 7.70. The van der Waals surface area contributed by atoms with Gasteiger partial charge in [-0.3, -0.25) is 0 Å². The molecular formula is C11H7N3. The largest absolute Gasteiger partial charge is 0.192 e. The Morgan fingerprint density at radius 2 is 1.57 bits per heavy atom. The highest BCUT2D eigenvalue weighted by molar-refractivity contribution is 5.56. The number of hydrogen-bond acceptors (Lipinski definition) is 3. The van der Waals surface area contributed by atoms with Gasteiger partial charge in [0.05, 0.1) is 22.8 Å². The summed E-state index contributed by atoms with van der Waals surface area (Å²) in [6.45, 7) is 1.86. The van der Waals surface area contributed by atoms with Crippen LogP contribution in [0, 0.1) is 34.0 Å². The number of rotatable bonds is 1. The maximum absolute atomic E-state index is 8.87. The van der Waals surface area contributed by atoms with E-state index in [1.807, 2.05) is 25.1 Å². The third kappa shape index (κ3) is 1.42. The van der Waals surface area contributed by atoms with Crippen LogP contribution in [-0.2, 0) is 6.42 Å². The summed E-state index contributed by atoms with van der Waals surface area (Å²) in [5.74, 6) is 0. The summed E-state index contributed by atoms with van der Waals surface area (Å²) in [6.07, 6.45) is 0.585. The van der Waals surface area contributed by atoms with E-state index in [0.717, 1.165) is 0 Å². The molecule has 14 heavy (non-hydrogen) atoms. The summed E-state index contributed by atoms with van der Waals surface area (Å²) >= 11 is 0. The van der Waals surface area contributed by atoms with E-state index in [2.05, 4.69) is 0 Å². The van der Waals surface area contributed by atoms with E-state index in [4.69, 9.17) is 15.8 Å². The quantitative estimate of drug-likeness (QED) is 0.663. The van der Waals surface area contributed by atoms with E-state index < -0.39 is 0 Å². The molecule has 0 aliphatic heterocycles. The average molecular weight is 181 g/mol. The predicted octanol–water partition coefficient (Wildman–Crippen LogP) is 1.86. The van der Waals surface area contributed by atoms with Crippen LogP contribution < -0.4 is 0 Å². The molecule has 0 bridgehead atoms. The fourth-order valence-electron chi connectivity index (χ4n) is 1.34. The van der Waals surface area contributed by atoms with Gasteiger partial charge in [-0.15, -0.1) is 0 Å². The fourth-order valence-corrected chi connectivity index (χ4v) is 1.34. The molecule has 0 aliphatic carbocycles. The smallest absolute Gasteiger partial charge is 0.101 e. The van der Waals surface area contributed by atoms with E-state index >= 15 is 0 Å². The van der Waals surface area contributed by atoms with Crippen molar-refractivity contribution in [3.63, 3.8) is 0 Å². The number of hydrogen-bond donors (Lipinski definition) is 0. The third-order valence-corrected chi connectivity index (χ3v) is 2.02. The van der Waals surface area contributed by atoms with Gasteiger partial charge in [0.25, 0.3) is 0 Å². The van der Waals surface area contributed by atoms with E-state index in [9.17, 15) is 0 Å². The number of nitrogens with zero attached hydrogens (tertiary/aromatic N) is 3. The lowest BCUT2D eigenvalue weighted by atomic mass is 9.96. The number of benzene rings is 1. The Kier molecular flexibility index (Phi) is 2.85. The third-order valence-electron chi connectivity index (χ3n) is 2.02. The van der Waals surface area contributed by atoms with Gasteiger partial charge in [-0.1, -0.05) is 6.92 Å². The van der Waals surface area contributed by atoms with Crippen LogP contribution >= 0.6 is 0 Å². The Morgan fingerprint density at radius 1 is 1.00 bits per heavy atom. The molecule has 0 saturated carbocycles. The molecule has 0 amide bonds. The Bertz CT molecular complexity index is 481. The molecule has 0 aromatic heterocycles. The summed E-state index contributed by atoms with van der Waals surface area (Å²) in [6, 6.07) is 9.01. The second-order valence-corrected chi connectivity index (χ2v) is 2.70. The summed E-state index contributed by atoms with van der Waals surface area (Å²) in [7, 11) is 0.